The van der Waals surface area contributed by atoms with Gasteiger partial charge in [0.25, 0.3) is 0 Å². The molecule has 0 heterocycles. The van der Waals surface area contributed by atoms with Gasteiger partial charge < -0.3 is 5.73 Å². The molecule has 0 aliphatic rings. The number of aryl methyl sites for hydroxylation is 1. The van der Waals surface area contributed by atoms with Gasteiger partial charge in [-0.05, 0) is 31.0 Å². The Morgan fingerprint density at radius 3 is 2.69 bits per heavy atom. The van der Waals surface area contributed by atoms with Crippen molar-refractivity contribution in [1.82, 2.24) is 0 Å². The molecular weight excluding hydrogens is 158 g/mol. The summed E-state index contributed by atoms with van der Waals surface area (Å²) in [5.41, 5.74) is 9.91. The van der Waals surface area contributed by atoms with Crippen molar-refractivity contribution in [3.8, 4) is 0 Å². The van der Waals surface area contributed by atoms with E-state index in [0.29, 0.717) is 0 Å². The van der Waals surface area contributed by atoms with Crippen LogP contribution in [0.25, 0.3) is 6.08 Å². The van der Waals surface area contributed by atoms with Crippen molar-refractivity contribution in [2.45, 2.75) is 13.8 Å². The first-order valence-corrected chi connectivity index (χ1v) is 4.29. The Balaban J connectivity index is 2.96. The van der Waals surface area contributed by atoms with Crippen LogP contribution in [-0.2, 0) is 0 Å². The number of nitrogen functional groups attached to an aromatic ring is 1. The van der Waals surface area contributed by atoms with Crippen LogP contribution < -0.4 is 5.73 Å². The van der Waals surface area contributed by atoms with Crippen molar-refractivity contribution >= 4 is 11.8 Å². The molecule has 1 aromatic carbocycles. The van der Waals surface area contributed by atoms with Gasteiger partial charge >= 0.3 is 0 Å². The monoisotopic (exact) mass is 173 g/mol. The van der Waals surface area contributed by atoms with Crippen molar-refractivity contribution in [1.29, 1.82) is 0 Å². The molecule has 0 amide bonds. The Morgan fingerprint density at radius 2 is 2.15 bits per heavy atom. The molecule has 0 fully saturated rings. The second kappa shape index (κ2) is 3.94. The molecule has 0 saturated heterocycles. The van der Waals surface area contributed by atoms with Crippen LogP contribution in [0.4, 0.5) is 5.69 Å². The molecule has 1 aromatic rings. The molecule has 68 valence electrons. The van der Waals surface area contributed by atoms with Crippen molar-refractivity contribution in [2.24, 2.45) is 0 Å². The van der Waals surface area contributed by atoms with Crippen molar-refractivity contribution in [2.75, 3.05) is 5.73 Å². The lowest BCUT2D eigenvalue weighted by molar-refractivity contribution is 1.46. The maximum Gasteiger partial charge on any atom is 0.0390 e. The predicted octanol–water partition coefficient (Wildman–Crippen LogP) is 3.17. The quantitative estimate of drug-likeness (QED) is 0.539. The summed E-state index contributed by atoms with van der Waals surface area (Å²) in [4.78, 5) is 0. The number of hydrogen-bond acceptors (Lipinski definition) is 1. The van der Waals surface area contributed by atoms with E-state index in [1.807, 2.05) is 38.1 Å². The molecule has 0 bridgehead atoms. The van der Waals surface area contributed by atoms with Gasteiger partial charge in [-0.3, -0.25) is 0 Å². The summed E-state index contributed by atoms with van der Waals surface area (Å²) in [6.45, 7) is 7.78. The second-order valence-electron chi connectivity index (χ2n) is 3.31. The van der Waals surface area contributed by atoms with Crippen LogP contribution in [0.5, 0.6) is 0 Å². The molecular formula is C12H15N. The summed E-state index contributed by atoms with van der Waals surface area (Å²) >= 11 is 0. The maximum absolute atomic E-state index is 5.83. The summed E-state index contributed by atoms with van der Waals surface area (Å²) in [6.07, 6.45) is 3.94. The molecule has 0 unspecified atom stereocenters. The predicted molar refractivity (Wildman–Crippen MR) is 59.4 cm³/mol. The Kier molecular flexibility index (Phi) is 2.91. The van der Waals surface area contributed by atoms with E-state index < -0.39 is 0 Å². The van der Waals surface area contributed by atoms with Crippen LogP contribution in [-0.4, -0.2) is 0 Å². The third-order valence-corrected chi connectivity index (χ3v) is 1.79. The number of nitrogens with two attached hydrogens (primary N) is 1. The fourth-order valence-corrected chi connectivity index (χ4v) is 1.08. The van der Waals surface area contributed by atoms with Gasteiger partial charge in [-0.1, -0.05) is 36.4 Å². The first-order chi connectivity index (χ1) is 6.09. The molecule has 1 nitrogen and oxygen atoms in total. The normalized spacial score (nSPS) is 10.6. The van der Waals surface area contributed by atoms with Gasteiger partial charge in [0.15, 0.2) is 0 Å². The molecule has 0 saturated carbocycles. The zero-order valence-electron chi connectivity index (χ0n) is 8.17. The van der Waals surface area contributed by atoms with Gasteiger partial charge in [0, 0.05) is 5.69 Å². The Bertz CT molecular complexity index is 348. The fraction of sp³-hybridized carbons (Fsp3) is 0.167. The van der Waals surface area contributed by atoms with Crippen LogP contribution in [0.3, 0.4) is 0 Å². The number of rotatable bonds is 2. The lowest BCUT2D eigenvalue weighted by Gasteiger charge is -2.01. The van der Waals surface area contributed by atoms with Crippen molar-refractivity contribution in [3.05, 3.63) is 47.6 Å². The minimum absolute atomic E-state index is 0.817. The average Bonchev–Trinajstić information content (AvgIpc) is 2.02. The second-order valence-corrected chi connectivity index (χ2v) is 3.31. The van der Waals surface area contributed by atoms with E-state index in [-0.39, 0.29) is 0 Å². The number of benzene rings is 1. The molecule has 0 radical (unpaired) electrons. The van der Waals surface area contributed by atoms with E-state index >= 15 is 0 Å². The summed E-state index contributed by atoms with van der Waals surface area (Å²) in [7, 11) is 0. The molecule has 2 N–H and O–H groups in total. The molecule has 13 heavy (non-hydrogen) atoms. The van der Waals surface area contributed by atoms with Crippen LogP contribution in [0.15, 0.2) is 36.4 Å². The van der Waals surface area contributed by atoms with E-state index in [1.165, 1.54) is 5.56 Å². The molecule has 0 atom stereocenters. The average molecular weight is 173 g/mol. The SMILES string of the molecule is C=C(C)/C=C\c1ccc(C)cc1N. The number of hydrogen-bond donors (Lipinski definition) is 1. The zero-order chi connectivity index (χ0) is 9.84. The smallest absolute Gasteiger partial charge is 0.0390 e. The summed E-state index contributed by atoms with van der Waals surface area (Å²) in [6, 6.07) is 6.04. The highest BCUT2D eigenvalue weighted by Crippen LogP contribution is 2.15. The third kappa shape index (κ3) is 2.79. The number of allylic oxidation sites excluding steroid dienone is 2. The van der Waals surface area contributed by atoms with E-state index in [9.17, 15) is 0 Å². The number of anilines is 1. The highest BCUT2D eigenvalue weighted by molar-refractivity contribution is 5.66. The Hall–Kier alpha value is -1.50. The van der Waals surface area contributed by atoms with Crippen LogP contribution in [0.2, 0.25) is 0 Å². The lowest BCUT2D eigenvalue weighted by atomic mass is 10.1. The first-order valence-electron chi connectivity index (χ1n) is 4.29. The van der Waals surface area contributed by atoms with Gasteiger partial charge in [-0.25, -0.2) is 0 Å². The maximum atomic E-state index is 5.83. The molecule has 0 aliphatic carbocycles. The highest BCUT2D eigenvalue weighted by atomic mass is 14.6. The minimum Gasteiger partial charge on any atom is -0.398 e. The topological polar surface area (TPSA) is 26.0 Å². The Labute approximate surface area is 79.6 Å². The van der Waals surface area contributed by atoms with Crippen molar-refractivity contribution in [3.63, 3.8) is 0 Å². The summed E-state index contributed by atoms with van der Waals surface area (Å²) in [5, 5.41) is 0. The van der Waals surface area contributed by atoms with E-state index in [1.54, 1.807) is 0 Å². The van der Waals surface area contributed by atoms with Crippen LogP contribution >= 0.6 is 0 Å². The first kappa shape index (κ1) is 9.59. The third-order valence-electron chi connectivity index (χ3n) is 1.79. The molecule has 0 spiro atoms. The van der Waals surface area contributed by atoms with Gasteiger partial charge in [-0.15, -0.1) is 0 Å². The largest absolute Gasteiger partial charge is 0.398 e. The van der Waals surface area contributed by atoms with E-state index in [2.05, 4.69) is 12.6 Å². The van der Waals surface area contributed by atoms with Crippen molar-refractivity contribution < 1.29 is 0 Å². The lowest BCUT2D eigenvalue weighted by Crippen LogP contribution is -1.89. The minimum atomic E-state index is 0.817. The molecule has 1 heteroatoms. The van der Waals surface area contributed by atoms with E-state index in [4.69, 9.17) is 5.73 Å². The van der Waals surface area contributed by atoms with Gasteiger partial charge in [-0.2, -0.15) is 0 Å². The van der Waals surface area contributed by atoms with Gasteiger partial charge in [0.2, 0.25) is 0 Å². The summed E-state index contributed by atoms with van der Waals surface area (Å²) < 4.78 is 0. The highest BCUT2D eigenvalue weighted by Gasteiger charge is 1.93. The van der Waals surface area contributed by atoms with Crippen LogP contribution in [0.1, 0.15) is 18.1 Å². The Morgan fingerprint density at radius 1 is 1.46 bits per heavy atom. The standard InChI is InChI=1S/C12H15N/c1-9(2)4-6-11-7-5-10(3)8-12(11)13/h4-8H,1,13H2,2-3H3/b6-4-. The van der Waals surface area contributed by atoms with Gasteiger partial charge in [0.05, 0.1) is 0 Å². The summed E-state index contributed by atoms with van der Waals surface area (Å²) in [5.74, 6) is 0. The van der Waals surface area contributed by atoms with Gasteiger partial charge in [0.1, 0.15) is 0 Å². The molecule has 0 aromatic heterocycles. The molecule has 0 aliphatic heterocycles. The van der Waals surface area contributed by atoms with E-state index in [0.717, 1.165) is 16.8 Å². The fourth-order valence-electron chi connectivity index (χ4n) is 1.08. The van der Waals surface area contributed by atoms with Crippen LogP contribution in [0, 0.1) is 6.92 Å². The molecule has 1 rings (SSSR count). The zero-order valence-corrected chi connectivity index (χ0v) is 8.17.